The second-order valence-corrected chi connectivity index (χ2v) is 7.14. The van der Waals surface area contributed by atoms with E-state index in [9.17, 15) is 9.59 Å². The standard InChI is InChI=1S/C22H22N2O6S/c1-14(25)24(17-8-6-5-7-9-17)22-23-16(13-31-22)12-30-21(26)15-10-18(27-2)20(29-4)19(11-15)28-3/h5-11,13H,12H2,1-4H3. The minimum Gasteiger partial charge on any atom is -0.493 e. The summed E-state index contributed by atoms with van der Waals surface area (Å²) in [6, 6.07) is 12.3. The van der Waals surface area contributed by atoms with Crippen molar-refractivity contribution < 1.29 is 28.5 Å². The van der Waals surface area contributed by atoms with Crippen LogP contribution in [0.15, 0.2) is 47.8 Å². The van der Waals surface area contributed by atoms with E-state index in [1.165, 1.54) is 56.6 Å². The fourth-order valence-corrected chi connectivity index (χ4v) is 3.76. The Kier molecular flexibility index (Phi) is 7.09. The molecule has 31 heavy (non-hydrogen) atoms. The molecule has 0 N–H and O–H groups in total. The van der Waals surface area contributed by atoms with Crippen molar-refractivity contribution in [2.45, 2.75) is 13.5 Å². The molecule has 0 saturated heterocycles. The summed E-state index contributed by atoms with van der Waals surface area (Å²) in [4.78, 5) is 30.7. The van der Waals surface area contributed by atoms with Gasteiger partial charge in [0.1, 0.15) is 6.61 Å². The summed E-state index contributed by atoms with van der Waals surface area (Å²) in [6.45, 7) is 1.42. The van der Waals surface area contributed by atoms with Gasteiger partial charge in [-0.3, -0.25) is 9.69 Å². The molecule has 0 spiro atoms. The van der Waals surface area contributed by atoms with Crippen molar-refractivity contribution >= 4 is 34.0 Å². The van der Waals surface area contributed by atoms with Crippen molar-refractivity contribution in [2.75, 3.05) is 26.2 Å². The van der Waals surface area contributed by atoms with Gasteiger partial charge in [0, 0.05) is 12.3 Å². The smallest absolute Gasteiger partial charge is 0.338 e. The third-order valence-electron chi connectivity index (χ3n) is 4.31. The minimum atomic E-state index is -0.569. The van der Waals surface area contributed by atoms with Crippen LogP contribution in [0.5, 0.6) is 17.2 Å². The molecule has 2 aromatic carbocycles. The lowest BCUT2D eigenvalue weighted by molar-refractivity contribution is -0.115. The van der Waals surface area contributed by atoms with Gasteiger partial charge in [-0.05, 0) is 24.3 Å². The molecule has 8 nitrogen and oxygen atoms in total. The lowest BCUT2D eigenvalue weighted by Gasteiger charge is -2.17. The van der Waals surface area contributed by atoms with E-state index in [1.807, 2.05) is 30.3 Å². The third-order valence-corrected chi connectivity index (χ3v) is 5.19. The molecule has 3 rings (SSSR count). The SMILES string of the molecule is COc1cc(C(=O)OCc2csc(N(C(C)=O)c3ccccc3)n2)cc(OC)c1OC. The van der Waals surface area contributed by atoms with Gasteiger partial charge < -0.3 is 18.9 Å². The lowest BCUT2D eigenvalue weighted by atomic mass is 10.2. The van der Waals surface area contributed by atoms with Gasteiger partial charge in [0.15, 0.2) is 16.6 Å². The largest absolute Gasteiger partial charge is 0.493 e. The van der Waals surface area contributed by atoms with Crippen molar-refractivity contribution in [2.24, 2.45) is 0 Å². The summed E-state index contributed by atoms with van der Waals surface area (Å²) >= 11 is 1.29. The number of hydrogen-bond acceptors (Lipinski definition) is 8. The first kappa shape index (κ1) is 22.1. The van der Waals surface area contributed by atoms with Crippen LogP contribution in [0.1, 0.15) is 23.0 Å². The lowest BCUT2D eigenvalue weighted by Crippen LogP contribution is -2.22. The van der Waals surface area contributed by atoms with Gasteiger partial charge in [0.05, 0.1) is 38.3 Å². The molecule has 0 radical (unpaired) electrons. The number of ether oxygens (including phenoxy) is 4. The predicted molar refractivity (Wildman–Crippen MR) is 117 cm³/mol. The molecule has 0 unspecified atom stereocenters. The van der Waals surface area contributed by atoms with Gasteiger partial charge >= 0.3 is 5.97 Å². The van der Waals surface area contributed by atoms with E-state index < -0.39 is 5.97 Å². The van der Waals surface area contributed by atoms with E-state index in [4.69, 9.17) is 18.9 Å². The van der Waals surface area contributed by atoms with E-state index in [0.717, 1.165) is 0 Å². The monoisotopic (exact) mass is 442 g/mol. The van der Waals surface area contributed by atoms with Crippen LogP contribution in [0, 0.1) is 0 Å². The van der Waals surface area contributed by atoms with Gasteiger partial charge in [0.2, 0.25) is 11.7 Å². The molecule has 1 amide bonds. The topological polar surface area (TPSA) is 87.2 Å². The van der Waals surface area contributed by atoms with E-state index in [2.05, 4.69) is 4.98 Å². The normalized spacial score (nSPS) is 10.3. The van der Waals surface area contributed by atoms with Crippen molar-refractivity contribution in [1.29, 1.82) is 0 Å². The Bertz CT molecular complexity index is 1040. The highest BCUT2D eigenvalue weighted by Crippen LogP contribution is 2.38. The number of carbonyl (C=O) groups excluding carboxylic acids is 2. The Morgan fingerprint density at radius 2 is 1.65 bits per heavy atom. The number of benzene rings is 2. The number of anilines is 2. The maximum Gasteiger partial charge on any atom is 0.338 e. The van der Waals surface area contributed by atoms with Crippen molar-refractivity contribution in [1.82, 2.24) is 4.98 Å². The first-order valence-corrected chi connectivity index (χ1v) is 10.1. The van der Waals surface area contributed by atoms with E-state index in [1.54, 1.807) is 5.38 Å². The maximum atomic E-state index is 12.6. The summed E-state index contributed by atoms with van der Waals surface area (Å²) < 4.78 is 21.2. The Morgan fingerprint density at radius 1 is 1.00 bits per heavy atom. The Labute approximate surface area is 183 Å². The minimum absolute atomic E-state index is 0.0491. The quantitative estimate of drug-likeness (QED) is 0.483. The number of methoxy groups -OCH3 is 3. The number of carbonyl (C=O) groups is 2. The number of hydrogen-bond donors (Lipinski definition) is 0. The molecule has 0 aliphatic rings. The Hall–Kier alpha value is -3.59. The highest BCUT2D eigenvalue weighted by molar-refractivity contribution is 7.14. The summed E-state index contributed by atoms with van der Waals surface area (Å²) in [5.41, 5.74) is 1.49. The molecule has 0 fully saturated rings. The highest BCUT2D eigenvalue weighted by atomic mass is 32.1. The van der Waals surface area contributed by atoms with Gasteiger partial charge in [-0.15, -0.1) is 11.3 Å². The highest BCUT2D eigenvalue weighted by Gasteiger charge is 2.20. The number of para-hydroxylation sites is 1. The second kappa shape index (κ2) is 9.94. The first-order valence-electron chi connectivity index (χ1n) is 9.25. The van der Waals surface area contributed by atoms with Crippen LogP contribution in [0.2, 0.25) is 0 Å². The summed E-state index contributed by atoms with van der Waals surface area (Å²) in [7, 11) is 4.42. The first-order chi connectivity index (χ1) is 15.0. The van der Waals surface area contributed by atoms with Gasteiger partial charge in [-0.1, -0.05) is 18.2 Å². The number of esters is 1. The predicted octanol–water partition coefficient (Wildman–Crippen LogP) is 4.21. The summed E-state index contributed by atoms with van der Waals surface area (Å²) in [5, 5.41) is 2.24. The number of thiazole rings is 1. The zero-order valence-electron chi connectivity index (χ0n) is 17.6. The summed E-state index contributed by atoms with van der Waals surface area (Å²) in [6.07, 6.45) is 0. The van der Waals surface area contributed by atoms with E-state index >= 15 is 0 Å². The van der Waals surface area contributed by atoms with Crippen LogP contribution in [0.25, 0.3) is 0 Å². The average molecular weight is 442 g/mol. The van der Waals surface area contributed by atoms with Crippen LogP contribution >= 0.6 is 11.3 Å². The molecule has 0 atom stereocenters. The van der Waals surface area contributed by atoms with Crippen LogP contribution in [-0.2, 0) is 16.1 Å². The van der Waals surface area contributed by atoms with Gasteiger partial charge in [0.25, 0.3) is 0 Å². The van der Waals surface area contributed by atoms with Crippen molar-refractivity contribution in [3.63, 3.8) is 0 Å². The molecule has 162 valence electrons. The average Bonchev–Trinajstić information content (AvgIpc) is 3.25. The van der Waals surface area contributed by atoms with Crippen LogP contribution < -0.4 is 19.1 Å². The van der Waals surface area contributed by atoms with Crippen LogP contribution in [0.4, 0.5) is 10.8 Å². The van der Waals surface area contributed by atoms with Gasteiger partial charge in [-0.2, -0.15) is 0 Å². The number of amides is 1. The van der Waals surface area contributed by atoms with Crippen molar-refractivity contribution in [3.8, 4) is 17.2 Å². The molecule has 0 saturated carbocycles. The fraction of sp³-hybridized carbons (Fsp3) is 0.227. The molecule has 9 heteroatoms. The number of nitrogens with zero attached hydrogens (tertiary/aromatic N) is 2. The molecular weight excluding hydrogens is 420 g/mol. The van der Waals surface area contributed by atoms with E-state index in [-0.39, 0.29) is 18.1 Å². The Morgan fingerprint density at radius 3 is 2.19 bits per heavy atom. The molecule has 1 heterocycles. The van der Waals surface area contributed by atoms with Crippen molar-refractivity contribution in [3.05, 3.63) is 59.1 Å². The molecular formula is C22H22N2O6S. The molecule has 3 aromatic rings. The zero-order valence-corrected chi connectivity index (χ0v) is 18.4. The summed E-state index contributed by atoms with van der Waals surface area (Å²) in [5.74, 6) is 0.354. The third kappa shape index (κ3) is 4.95. The molecule has 0 bridgehead atoms. The van der Waals surface area contributed by atoms with E-state index in [0.29, 0.717) is 33.8 Å². The van der Waals surface area contributed by atoms with Gasteiger partial charge in [-0.25, -0.2) is 9.78 Å². The maximum absolute atomic E-state index is 12.6. The zero-order chi connectivity index (χ0) is 22.4. The molecule has 0 aliphatic carbocycles. The molecule has 1 aromatic heterocycles. The molecule has 0 aliphatic heterocycles. The van der Waals surface area contributed by atoms with Crippen LogP contribution in [0.3, 0.4) is 0 Å². The van der Waals surface area contributed by atoms with Crippen LogP contribution in [-0.4, -0.2) is 38.2 Å². The number of rotatable bonds is 8. The number of aromatic nitrogens is 1. The fourth-order valence-electron chi connectivity index (χ4n) is 2.89. The second-order valence-electron chi connectivity index (χ2n) is 6.30. The Balaban J connectivity index is 1.75.